The maximum absolute atomic E-state index is 13.3. The average molecular weight is 453 g/mol. The van der Waals surface area contributed by atoms with Gasteiger partial charge in [-0.2, -0.15) is 0 Å². The van der Waals surface area contributed by atoms with Gasteiger partial charge in [0, 0.05) is 12.6 Å². The topological polar surface area (TPSA) is 75.7 Å². The van der Waals surface area contributed by atoms with Crippen molar-refractivity contribution in [2.45, 2.75) is 31.7 Å². The van der Waals surface area contributed by atoms with Gasteiger partial charge < -0.3 is 10.1 Å². The van der Waals surface area contributed by atoms with Crippen LogP contribution in [0.15, 0.2) is 71.6 Å². The van der Waals surface area contributed by atoms with E-state index in [1.54, 1.807) is 37.3 Å². The van der Waals surface area contributed by atoms with E-state index in [0.29, 0.717) is 22.6 Å². The van der Waals surface area contributed by atoms with Gasteiger partial charge in [-0.05, 0) is 56.2 Å². The summed E-state index contributed by atoms with van der Waals surface area (Å²) in [6, 6.07) is 19.2. The molecule has 0 aromatic heterocycles. The minimum Gasteiger partial charge on any atom is -0.495 e. The Labute approximate surface area is 189 Å². The van der Waals surface area contributed by atoms with E-state index < -0.39 is 10.0 Å². The lowest BCUT2D eigenvalue weighted by atomic mass is 10.0. The molecule has 0 radical (unpaired) electrons. The van der Waals surface area contributed by atoms with Crippen LogP contribution in [0.3, 0.4) is 0 Å². The van der Waals surface area contributed by atoms with E-state index in [-0.39, 0.29) is 16.8 Å². The highest BCUT2D eigenvalue weighted by Gasteiger charge is 2.25. The number of nitrogens with one attached hydrogen (secondary N) is 1. The monoisotopic (exact) mass is 452 g/mol. The number of hydrogen-bond acceptors (Lipinski definition) is 4. The summed E-state index contributed by atoms with van der Waals surface area (Å²) in [5.74, 6) is 0.114. The molecule has 3 aromatic carbocycles. The molecule has 0 fully saturated rings. The van der Waals surface area contributed by atoms with Crippen LogP contribution in [0.2, 0.25) is 0 Å². The first-order valence-electron chi connectivity index (χ1n) is 10.2. The summed E-state index contributed by atoms with van der Waals surface area (Å²) in [5.41, 5.74) is 3.53. The number of sulfonamides is 1. The van der Waals surface area contributed by atoms with E-state index in [1.165, 1.54) is 26.3 Å². The quantitative estimate of drug-likeness (QED) is 0.567. The molecule has 0 bridgehead atoms. The molecule has 0 aliphatic carbocycles. The van der Waals surface area contributed by atoms with Crippen molar-refractivity contribution in [1.82, 2.24) is 5.32 Å². The Bertz CT molecular complexity index is 1220. The molecule has 1 atom stereocenters. The molecule has 0 saturated carbocycles. The van der Waals surface area contributed by atoms with E-state index in [1.807, 2.05) is 38.1 Å². The second-order valence-electron chi connectivity index (χ2n) is 7.73. The minimum absolute atomic E-state index is 0.0321. The molecular formula is C25H28N2O4S. The van der Waals surface area contributed by atoms with Gasteiger partial charge >= 0.3 is 0 Å². The highest BCUT2D eigenvalue weighted by molar-refractivity contribution is 7.92. The molecule has 0 aliphatic rings. The van der Waals surface area contributed by atoms with E-state index in [9.17, 15) is 13.2 Å². The third-order valence-electron chi connectivity index (χ3n) is 5.46. The van der Waals surface area contributed by atoms with Gasteiger partial charge in [-0.15, -0.1) is 0 Å². The zero-order chi connectivity index (χ0) is 23.5. The fourth-order valence-corrected chi connectivity index (χ4v) is 4.63. The number of hydrogen-bond donors (Lipinski definition) is 1. The zero-order valence-electron chi connectivity index (χ0n) is 18.9. The van der Waals surface area contributed by atoms with Crippen molar-refractivity contribution in [2.75, 3.05) is 18.5 Å². The number of carbonyl (C=O) groups is 1. The number of nitrogens with zero attached hydrogens (tertiary/aromatic N) is 1. The lowest BCUT2D eigenvalue weighted by molar-refractivity contribution is 0.0939. The van der Waals surface area contributed by atoms with Crippen LogP contribution in [-0.4, -0.2) is 28.5 Å². The minimum atomic E-state index is -3.91. The number of benzene rings is 3. The van der Waals surface area contributed by atoms with Gasteiger partial charge in [0.1, 0.15) is 5.75 Å². The average Bonchev–Trinajstić information content (AvgIpc) is 2.78. The Balaban J connectivity index is 1.90. The standard InChI is InChI=1S/C25H28N2O4S/c1-17-10-13-20(14-11-17)19(3)26-25(28)22-16-21(15-12-18(22)2)32(29,30)27(4)23-8-6-7-9-24(23)31-5/h6-16,19H,1-5H3,(H,26,28). The Morgan fingerprint density at radius 2 is 1.66 bits per heavy atom. The van der Waals surface area contributed by atoms with Crippen molar-refractivity contribution in [3.8, 4) is 5.75 Å². The molecule has 1 N–H and O–H groups in total. The van der Waals surface area contributed by atoms with E-state index in [2.05, 4.69) is 5.32 Å². The van der Waals surface area contributed by atoms with Crippen molar-refractivity contribution >= 4 is 21.6 Å². The van der Waals surface area contributed by atoms with E-state index in [4.69, 9.17) is 4.74 Å². The third-order valence-corrected chi connectivity index (χ3v) is 7.23. The molecule has 3 aromatic rings. The lowest BCUT2D eigenvalue weighted by Gasteiger charge is -2.22. The molecule has 0 heterocycles. The molecule has 7 heteroatoms. The summed E-state index contributed by atoms with van der Waals surface area (Å²) >= 11 is 0. The van der Waals surface area contributed by atoms with Gasteiger partial charge in [0.2, 0.25) is 0 Å². The summed E-state index contributed by atoms with van der Waals surface area (Å²) in [6.45, 7) is 5.68. The van der Waals surface area contributed by atoms with Gasteiger partial charge in [-0.3, -0.25) is 9.10 Å². The summed E-state index contributed by atoms with van der Waals surface area (Å²) in [7, 11) is -0.956. The number of para-hydroxylation sites is 2. The fraction of sp³-hybridized carbons (Fsp3) is 0.240. The van der Waals surface area contributed by atoms with Crippen molar-refractivity contribution in [3.05, 3.63) is 89.0 Å². The second kappa shape index (κ2) is 9.44. The van der Waals surface area contributed by atoms with Crippen LogP contribution in [0, 0.1) is 13.8 Å². The molecule has 1 amide bonds. The number of methoxy groups -OCH3 is 1. The smallest absolute Gasteiger partial charge is 0.264 e. The normalized spacial score (nSPS) is 12.2. The van der Waals surface area contributed by atoms with Crippen LogP contribution in [0.25, 0.3) is 0 Å². The number of aryl methyl sites for hydroxylation is 2. The number of ether oxygens (including phenoxy) is 1. The summed E-state index contributed by atoms with van der Waals surface area (Å²) < 4.78 is 33.1. The predicted octanol–water partition coefficient (Wildman–Crippen LogP) is 4.63. The van der Waals surface area contributed by atoms with Gasteiger partial charge in [0.25, 0.3) is 15.9 Å². The Kier molecular flexibility index (Phi) is 6.89. The predicted molar refractivity (Wildman–Crippen MR) is 127 cm³/mol. The largest absolute Gasteiger partial charge is 0.495 e. The van der Waals surface area contributed by atoms with Crippen molar-refractivity contribution < 1.29 is 17.9 Å². The van der Waals surface area contributed by atoms with Crippen LogP contribution in [0.5, 0.6) is 5.75 Å². The molecular weight excluding hydrogens is 424 g/mol. The first kappa shape index (κ1) is 23.3. The highest BCUT2D eigenvalue weighted by atomic mass is 32.2. The molecule has 0 aliphatic heterocycles. The van der Waals surface area contributed by atoms with Crippen LogP contribution in [-0.2, 0) is 10.0 Å². The Hall–Kier alpha value is -3.32. The SMILES string of the molecule is COc1ccccc1N(C)S(=O)(=O)c1ccc(C)c(C(=O)NC(C)c2ccc(C)cc2)c1. The molecule has 1 unspecified atom stereocenters. The number of rotatable bonds is 7. The van der Waals surface area contributed by atoms with Gasteiger partial charge in [-0.25, -0.2) is 8.42 Å². The first-order valence-corrected chi connectivity index (χ1v) is 11.7. The zero-order valence-corrected chi connectivity index (χ0v) is 19.7. The third kappa shape index (κ3) is 4.78. The number of carbonyl (C=O) groups excluding carboxylic acids is 1. The van der Waals surface area contributed by atoms with Crippen LogP contribution >= 0.6 is 0 Å². The van der Waals surface area contributed by atoms with E-state index >= 15 is 0 Å². The van der Waals surface area contributed by atoms with Crippen molar-refractivity contribution in [3.63, 3.8) is 0 Å². The molecule has 6 nitrogen and oxygen atoms in total. The highest BCUT2D eigenvalue weighted by Crippen LogP contribution is 2.31. The number of amides is 1. The fourth-order valence-electron chi connectivity index (χ4n) is 3.40. The Morgan fingerprint density at radius 3 is 2.31 bits per heavy atom. The molecule has 3 rings (SSSR count). The number of anilines is 1. The van der Waals surface area contributed by atoms with Gasteiger partial charge in [-0.1, -0.05) is 48.0 Å². The maximum Gasteiger partial charge on any atom is 0.264 e. The first-order chi connectivity index (χ1) is 15.1. The van der Waals surface area contributed by atoms with Crippen LogP contribution < -0.4 is 14.4 Å². The van der Waals surface area contributed by atoms with Gasteiger partial charge in [0.05, 0.1) is 23.7 Å². The second-order valence-corrected chi connectivity index (χ2v) is 9.70. The van der Waals surface area contributed by atoms with Crippen LogP contribution in [0.1, 0.15) is 40.0 Å². The summed E-state index contributed by atoms with van der Waals surface area (Å²) in [4.78, 5) is 13.0. The molecule has 168 valence electrons. The van der Waals surface area contributed by atoms with Crippen LogP contribution in [0.4, 0.5) is 5.69 Å². The lowest BCUT2D eigenvalue weighted by Crippen LogP contribution is -2.29. The van der Waals surface area contributed by atoms with E-state index in [0.717, 1.165) is 15.4 Å². The van der Waals surface area contributed by atoms with Crippen molar-refractivity contribution in [2.24, 2.45) is 0 Å². The molecule has 0 spiro atoms. The van der Waals surface area contributed by atoms with Gasteiger partial charge in [0.15, 0.2) is 0 Å². The summed E-state index contributed by atoms with van der Waals surface area (Å²) in [6.07, 6.45) is 0. The Morgan fingerprint density at radius 1 is 1.00 bits per heavy atom. The van der Waals surface area contributed by atoms with Crippen molar-refractivity contribution in [1.29, 1.82) is 0 Å². The molecule has 0 saturated heterocycles. The summed E-state index contributed by atoms with van der Waals surface area (Å²) in [5, 5.41) is 2.96. The maximum atomic E-state index is 13.3. The molecule has 32 heavy (non-hydrogen) atoms.